The summed E-state index contributed by atoms with van der Waals surface area (Å²) in [6.45, 7) is 3.85. The summed E-state index contributed by atoms with van der Waals surface area (Å²) in [6, 6.07) is 0. The van der Waals surface area contributed by atoms with Gasteiger partial charge in [-0.15, -0.1) is 0 Å². The second kappa shape index (κ2) is 5.13. The van der Waals surface area contributed by atoms with Crippen molar-refractivity contribution in [2.75, 3.05) is 0 Å². The van der Waals surface area contributed by atoms with E-state index in [0.29, 0.717) is 6.42 Å². The Kier molecular flexibility index (Phi) is 4.20. The van der Waals surface area contributed by atoms with Crippen LogP contribution in [0.1, 0.15) is 26.0 Å². The average molecular weight is 286 g/mol. The van der Waals surface area contributed by atoms with E-state index in [9.17, 15) is 23.3 Å². The van der Waals surface area contributed by atoms with Crippen LogP contribution in [0, 0.1) is 16.0 Å². The van der Waals surface area contributed by atoms with Gasteiger partial charge in [-0.3, -0.25) is 10.1 Å². The summed E-state index contributed by atoms with van der Waals surface area (Å²) in [5.74, 6) is 0.221. The van der Waals surface area contributed by atoms with Gasteiger partial charge < -0.3 is 0 Å². The molecule has 0 fully saturated rings. The third-order valence-corrected chi connectivity index (χ3v) is 2.61. The molecule has 1 rings (SSSR count). The fraction of sp³-hybridized carbons (Fsp3) is 0.667. The van der Waals surface area contributed by atoms with E-state index in [-0.39, 0.29) is 12.5 Å². The van der Waals surface area contributed by atoms with Crippen LogP contribution >= 0.6 is 11.6 Å². The van der Waals surface area contributed by atoms with Crippen molar-refractivity contribution in [1.82, 2.24) is 9.78 Å². The van der Waals surface area contributed by atoms with Crippen LogP contribution in [0.5, 0.6) is 0 Å². The van der Waals surface area contributed by atoms with Crippen LogP contribution in [0.2, 0.25) is 5.15 Å². The maximum atomic E-state index is 12.6. The minimum atomic E-state index is -4.89. The van der Waals surface area contributed by atoms with Crippen LogP contribution in [0.15, 0.2) is 0 Å². The Hall–Kier alpha value is -1.31. The Labute approximate surface area is 106 Å². The van der Waals surface area contributed by atoms with Crippen molar-refractivity contribution in [3.05, 3.63) is 21.0 Å². The molecule has 102 valence electrons. The van der Waals surface area contributed by atoms with Crippen LogP contribution in [-0.4, -0.2) is 14.7 Å². The largest absolute Gasteiger partial charge is 0.442 e. The van der Waals surface area contributed by atoms with E-state index >= 15 is 0 Å². The van der Waals surface area contributed by atoms with Gasteiger partial charge in [-0.2, -0.15) is 18.3 Å². The number of nitro groups is 1. The lowest BCUT2D eigenvalue weighted by molar-refractivity contribution is -0.388. The number of aryl methyl sites for hydroxylation is 1. The lowest BCUT2D eigenvalue weighted by atomic mass is 10.1. The summed E-state index contributed by atoms with van der Waals surface area (Å²) in [5, 5.41) is 13.2. The zero-order chi connectivity index (χ0) is 14.1. The third kappa shape index (κ3) is 3.12. The van der Waals surface area contributed by atoms with E-state index in [4.69, 9.17) is 11.6 Å². The standard InChI is InChI=1S/C9H11ClF3N3O2/c1-5(2)3-4-15-8(10)6(16(17)18)7(14-15)9(11,12)13/h5H,3-4H2,1-2H3. The van der Waals surface area contributed by atoms with E-state index in [0.717, 1.165) is 4.68 Å². The molecule has 0 aliphatic carbocycles. The zero-order valence-electron chi connectivity index (χ0n) is 9.66. The summed E-state index contributed by atoms with van der Waals surface area (Å²) in [4.78, 5) is 9.45. The molecular weight excluding hydrogens is 275 g/mol. The van der Waals surface area contributed by atoms with Gasteiger partial charge in [0.15, 0.2) is 0 Å². The molecule has 1 aromatic rings. The first-order chi connectivity index (χ1) is 8.14. The molecule has 0 N–H and O–H groups in total. The Morgan fingerprint density at radius 2 is 2.06 bits per heavy atom. The molecule has 0 unspecified atom stereocenters. The van der Waals surface area contributed by atoms with Crippen LogP contribution in [0.25, 0.3) is 0 Å². The predicted molar refractivity (Wildman–Crippen MR) is 58.3 cm³/mol. The maximum Gasteiger partial charge on any atom is 0.442 e. The molecule has 0 atom stereocenters. The molecule has 9 heteroatoms. The molecule has 0 saturated carbocycles. The lowest BCUT2D eigenvalue weighted by Gasteiger charge is -2.05. The van der Waals surface area contributed by atoms with Gasteiger partial charge in [0.05, 0.1) is 4.92 Å². The van der Waals surface area contributed by atoms with Gasteiger partial charge in [-0.1, -0.05) is 25.4 Å². The summed E-state index contributed by atoms with van der Waals surface area (Å²) >= 11 is 5.57. The highest BCUT2D eigenvalue weighted by Gasteiger charge is 2.44. The molecule has 1 aromatic heterocycles. The summed E-state index contributed by atoms with van der Waals surface area (Å²) < 4.78 is 38.5. The smallest absolute Gasteiger partial charge is 0.258 e. The number of nitrogens with zero attached hydrogens (tertiary/aromatic N) is 3. The Bertz CT molecular complexity index is 457. The van der Waals surface area contributed by atoms with Crippen LogP contribution in [0.3, 0.4) is 0 Å². The van der Waals surface area contributed by atoms with Crippen LogP contribution in [0.4, 0.5) is 18.9 Å². The Balaban J connectivity index is 3.20. The van der Waals surface area contributed by atoms with Crippen molar-refractivity contribution in [3.63, 3.8) is 0 Å². The number of alkyl halides is 3. The average Bonchev–Trinajstić information content (AvgIpc) is 2.52. The second-order valence-electron chi connectivity index (χ2n) is 4.15. The number of hydrogen-bond donors (Lipinski definition) is 0. The molecule has 18 heavy (non-hydrogen) atoms. The van der Waals surface area contributed by atoms with E-state index in [1.807, 2.05) is 13.8 Å². The highest BCUT2D eigenvalue weighted by Crippen LogP contribution is 2.39. The molecule has 0 aliphatic rings. The minimum absolute atomic E-state index is 0.105. The van der Waals surface area contributed by atoms with Gasteiger partial charge >= 0.3 is 11.9 Å². The van der Waals surface area contributed by atoms with Crippen molar-refractivity contribution >= 4 is 17.3 Å². The van der Waals surface area contributed by atoms with Gasteiger partial charge in [0, 0.05) is 6.54 Å². The molecule has 0 saturated heterocycles. The summed E-state index contributed by atoms with van der Waals surface area (Å²) in [5.41, 5.74) is -2.74. The van der Waals surface area contributed by atoms with Crippen LogP contribution < -0.4 is 0 Å². The first kappa shape index (κ1) is 14.7. The number of halogens is 4. The number of aromatic nitrogens is 2. The molecule has 0 radical (unpaired) electrons. The predicted octanol–water partition coefficient (Wildman–Crippen LogP) is 3.51. The highest BCUT2D eigenvalue weighted by atomic mass is 35.5. The first-order valence-electron chi connectivity index (χ1n) is 5.12. The summed E-state index contributed by atoms with van der Waals surface area (Å²) in [7, 11) is 0. The third-order valence-electron chi connectivity index (χ3n) is 2.24. The highest BCUT2D eigenvalue weighted by molar-refractivity contribution is 6.31. The Morgan fingerprint density at radius 1 is 1.50 bits per heavy atom. The van der Waals surface area contributed by atoms with Gasteiger partial charge in [0.25, 0.3) is 0 Å². The number of rotatable bonds is 4. The summed E-state index contributed by atoms with van der Waals surface area (Å²) in [6.07, 6.45) is -4.37. The van der Waals surface area contributed by atoms with E-state index < -0.39 is 27.6 Å². The lowest BCUT2D eigenvalue weighted by Crippen LogP contribution is -2.10. The zero-order valence-corrected chi connectivity index (χ0v) is 10.4. The topological polar surface area (TPSA) is 61.0 Å². The minimum Gasteiger partial charge on any atom is -0.258 e. The fourth-order valence-electron chi connectivity index (χ4n) is 1.31. The maximum absolute atomic E-state index is 12.6. The van der Waals surface area contributed by atoms with Crippen molar-refractivity contribution in [2.45, 2.75) is 33.0 Å². The van der Waals surface area contributed by atoms with Crippen molar-refractivity contribution in [3.8, 4) is 0 Å². The van der Waals surface area contributed by atoms with Gasteiger partial charge in [0.2, 0.25) is 10.8 Å². The number of hydrogen-bond acceptors (Lipinski definition) is 3. The van der Waals surface area contributed by atoms with Crippen LogP contribution in [-0.2, 0) is 12.7 Å². The Morgan fingerprint density at radius 3 is 2.39 bits per heavy atom. The normalized spacial score (nSPS) is 12.2. The molecule has 0 bridgehead atoms. The molecule has 0 spiro atoms. The molecule has 0 aromatic carbocycles. The van der Waals surface area contributed by atoms with Crippen molar-refractivity contribution < 1.29 is 18.1 Å². The van der Waals surface area contributed by atoms with Gasteiger partial charge in [-0.05, 0) is 12.3 Å². The van der Waals surface area contributed by atoms with Crippen molar-refractivity contribution in [1.29, 1.82) is 0 Å². The molecule has 0 amide bonds. The molecule has 5 nitrogen and oxygen atoms in total. The molecular formula is C9H11ClF3N3O2. The van der Waals surface area contributed by atoms with E-state index in [2.05, 4.69) is 5.10 Å². The second-order valence-corrected chi connectivity index (χ2v) is 4.51. The quantitative estimate of drug-likeness (QED) is 0.628. The SMILES string of the molecule is CC(C)CCn1nc(C(F)(F)F)c([N+](=O)[O-])c1Cl. The molecule has 1 heterocycles. The van der Waals surface area contributed by atoms with Gasteiger partial charge in [0.1, 0.15) is 0 Å². The first-order valence-corrected chi connectivity index (χ1v) is 5.50. The van der Waals surface area contributed by atoms with Crippen molar-refractivity contribution in [2.24, 2.45) is 5.92 Å². The fourth-order valence-corrected chi connectivity index (χ4v) is 1.59. The molecule has 0 aliphatic heterocycles. The monoisotopic (exact) mass is 285 g/mol. The van der Waals surface area contributed by atoms with E-state index in [1.54, 1.807) is 0 Å². The van der Waals surface area contributed by atoms with Gasteiger partial charge in [-0.25, -0.2) is 4.68 Å². The van der Waals surface area contributed by atoms with E-state index in [1.165, 1.54) is 0 Å².